The van der Waals surface area contributed by atoms with Gasteiger partial charge in [-0.15, -0.1) is 0 Å². The van der Waals surface area contributed by atoms with Gasteiger partial charge in [0.25, 0.3) is 0 Å². The summed E-state index contributed by atoms with van der Waals surface area (Å²) in [5.74, 6) is -0.185. The quantitative estimate of drug-likeness (QED) is 0.841. The molecule has 0 bridgehead atoms. The van der Waals surface area contributed by atoms with E-state index in [1.165, 1.54) is 12.1 Å². The zero-order valence-electron chi connectivity index (χ0n) is 13.4. The minimum atomic E-state index is -4.45. The molecule has 0 spiro atoms. The highest BCUT2D eigenvalue weighted by Crippen LogP contribution is 2.31. The molecule has 0 saturated heterocycles. The number of carbonyl (C=O) groups is 1. The molecule has 1 aromatic rings. The van der Waals surface area contributed by atoms with Gasteiger partial charge in [-0.3, -0.25) is 4.79 Å². The number of hydrogen-bond acceptors (Lipinski definition) is 3. The fraction of sp³-hybridized carbons (Fsp3) is 0.562. The summed E-state index contributed by atoms with van der Waals surface area (Å²) in [6.07, 6.45) is -5.14. The molecule has 7 heteroatoms. The number of alkyl halides is 3. The van der Waals surface area contributed by atoms with Gasteiger partial charge in [-0.05, 0) is 23.6 Å². The van der Waals surface area contributed by atoms with Crippen LogP contribution in [0.3, 0.4) is 0 Å². The van der Waals surface area contributed by atoms with Gasteiger partial charge in [0.05, 0.1) is 5.56 Å². The molecule has 130 valence electrons. The van der Waals surface area contributed by atoms with Gasteiger partial charge in [-0.1, -0.05) is 26.8 Å². The predicted molar refractivity (Wildman–Crippen MR) is 80.0 cm³/mol. The molecule has 0 fully saturated rings. The molecular weight excluding hydrogens is 311 g/mol. The molecular formula is C16H22F3NO3. The summed E-state index contributed by atoms with van der Waals surface area (Å²) in [7, 11) is 0. The van der Waals surface area contributed by atoms with Crippen molar-refractivity contribution in [2.45, 2.75) is 39.5 Å². The van der Waals surface area contributed by atoms with Crippen LogP contribution in [0.25, 0.3) is 0 Å². The number of halogens is 3. The lowest BCUT2D eigenvalue weighted by Crippen LogP contribution is -2.36. The first-order chi connectivity index (χ1) is 10.5. The number of ether oxygens (including phenoxy) is 1. The van der Waals surface area contributed by atoms with E-state index in [1.807, 2.05) is 20.8 Å². The SMILES string of the molecule is CC(C)(C)CC(=O)NC[C@H](O)COc1cccc(C(F)(F)F)c1. The lowest BCUT2D eigenvalue weighted by Gasteiger charge is -2.18. The molecule has 0 aromatic heterocycles. The van der Waals surface area contributed by atoms with Crippen molar-refractivity contribution in [3.8, 4) is 5.75 Å². The first kappa shape index (κ1) is 19.3. The van der Waals surface area contributed by atoms with E-state index in [0.29, 0.717) is 6.42 Å². The second-order valence-electron chi connectivity index (χ2n) is 6.53. The number of rotatable bonds is 6. The number of hydrogen-bond donors (Lipinski definition) is 2. The van der Waals surface area contributed by atoms with Crippen LogP contribution in [0.2, 0.25) is 0 Å². The third kappa shape index (κ3) is 7.88. The van der Waals surface area contributed by atoms with Gasteiger partial charge in [0.15, 0.2) is 0 Å². The molecule has 0 aliphatic heterocycles. The van der Waals surface area contributed by atoms with Gasteiger partial charge in [0.1, 0.15) is 18.5 Å². The normalized spacial score (nSPS) is 13.5. The highest BCUT2D eigenvalue weighted by Gasteiger charge is 2.30. The van der Waals surface area contributed by atoms with Crippen LogP contribution in [0.1, 0.15) is 32.8 Å². The first-order valence-electron chi connectivity index (χ1n) is 7.22. The third-order valence-electron chi connectivity index (χ3n) is 2.83. The molecule has 0 aliphatic rings. The summed E-state index contributed by atoms with van der Waals surface area (Å²) >= 11 is 0. The maximum Gasteiger partial charge on any atom is 0.416 e. The standard InChI is InChI=1S/C16H22F3NO3/c1-15(2,3)8-14(22)20-9-12(21)10-23-13-6-4-5-11(7-13)16(17,18)19/h4-7,12,21H,8-10H2,1-3H3,(H,20,22)/t12-/m0/s1. The van der Waals surface area contributed by atoms with E-state index in [0.717, 1.165) is 12.1 Å². The topological polar surface area (TPSA) is 58.6 Å². The highest BCUT2D eigenvalue weighted by atomic mass is 19.4. The molecule has 0 aliphatic carbocycles. The number of aliphatic hydroxyl groups is 1. The minimum absolute atomic E-state index is 0.0138. The monoisotopic (exact) mass is 333 g/mol. The summed E-state index contributed by atoms with van der Waals surface area (Å²) in [5, 5.41) is 12.3. The van der Waals surface area contributed by atoms with Gasteiger partial charge >= 0.3 is 6.18 Å². The fourth-order valence-electron chi connectivity index (χ4n) is 1.79. The van der Waals surface area contributed by atoms with E-state index >= 15 is 0 Å². The average molecular weight is 333 g/mol. The summed E-state index contributed by atoms with van der Waals surface area (Å²) in [5.41, 5.74) is -0.980. The number of carbonyl (C=O) groups excluding carboxylic acids is 1. The van der Waals surface area contributed by atoms with Crippen LogP contribution >= 0.6 is 0 Å². The molecule has 1 aromatic carbocycles. The Morgan fingerprint density at radius 3 is 2.52 bits per heavy atom. The zero-order valence-corrected chi connectivity index (χ0v) is 13.4. The highest BCUT2D eigenvalue weighted by molar-refractivity contribution is 5.76. The van der Waals surface area contributed by atoms with Crippen molar-refractivity contribution in [1.29, 1.82) is 0 Å². The molecule has 0 unspecified atom stereocenters. The summed E-state index contributed by atoms with van der Waals surface area (Å²) in [4.78, 5) is 11.6. The van der Waals surface area contributed by atoms with E-state index in [9.17, 15) is 23.1 Å². The van der Waals surface area contributed by atoms with E-state index in [2.05, 4.69) is 5.32 Å². The van der Waals surface area contributed by atoms with Crippen LogP contribution in [0, 0.1) is 5.41 Å². The molecule has 23 heavy (non-hydrogen) atoms. The first-order valence-corrected chi connectivity index (χ1v) is 7.22. The van der Waals surface area contributed by atoms with Gasteiger partial charge in [-0.25, -0.2) is 0 Å². The Morgan fingerprint density at radius 1 is 1.30 bits per heavy atom. The van der Waals surface area contributed by atoms with Crippen LogP contribution < -0.4 is 10.1 Å². The van der Waals surface area contributed by atoms with Crippen LogP contribution in [0.5, 0.6) is 5.75 Å². The second kappa shape index (κ2) is 7.68. The van der Waals surface area contributed by atoms with Crippen LogP contribution in [0.4, 0.5) is 13.2 Å². The molecule has 2 N–H and O–H groups in total. The Bertz CT molecular complexity index is 524. The molecule has 1 rings (SSSR count). The molecule has 0 radical (unpaired) electrons. The Hall–Kier alpha value is -1.76. The Balaban J connectivity index is 2.42. The van der Waals surface area contributed by atoms with Gasteiger partial charge < -0.3 is 15.2 Å². The maximum absolute atomic E-state index is 12.6. The number of benzene rings is 1. The largest absolute Gasteiger partial charge is 0.491 e. The molecule has 0 heterocycles. The molecule has 1 atom stereocenters. The lowest BCUT2D eigenvalue weighted by molar-refractivity contribution is -0.137. The Labute approximate surface area is 133 Å². The van der Waals surface area contributed by atoms with Crippen molar-refractivity contribution in [1.82, 2.24) is 5.32 Å². The number of aliphatic hydroxyl groups excluding tert-OH is 1. The van der Waals surface area contributed by atoms with Gasteiger partial charge in [0.2, 0.25) is 5.91 Å². The van der Waals surface area contributed by atoms with Crippen molar-refractivity contribution in [2.24, 2.45) is 5.41 Å². The summed E-state index contributed by atoms with van der Waals surface area (Å²) < 4.78 is 42.8. The molecule has 0 saturated carbocycles. The molecule has 1 amide bonds. The minimum Gasteiger partial charge on any atom is -0.491 e. The van der Waals surface area contributed by atoms with E-state index in [4.69, 9.17) is 4.74 Å². The van der Waals surface area contributed by atoms with Crippen molar-refractivity contribution in [3.63, 3.8) is 0 Å². The Morgan fingerprint density at radius 2 is 1.96 bits per heavy atom. The van der Waals surface area contributed by atoms with Crippen molar-refractivity contribution in [2.75, 3.05) is 13.2 Å². The fourth-order valence-corrected chi connectivity index (χ4v) is 1.79. The predicted octanol–water partition coefficient (Wildman–Crippen LogP) is 3.00. The van der Waals surface area contributed by atoms with E-state index < -0.39 is 17.8 Å². The van der Waals surface area contributed by atoms with Gasteiger partial charge in [-0.2, -0.15) is 13.2 Å². The summed E-state index contributed by atoms with van der Waals surface area (Å²) in [6.45, 7) is 5.52. The van der Waals surface area contributed by atoms with Crippen LogP contribution in [0.15, 0.2) is 24.3 Å². The van der Waals surface area contributed by atoms with Crippen molar-refractivity contribution < 1.29 is 27.8 Å². The Kier molecular flexibility index (Phi) is 6.44. The third-order valence-corrected chi connectivity index (χ3v) is 2.83. The smallest absolute Gasteiger partial charge is 0.416 e. The van der Waals surface area contributed by atoms with Crippen molar-refractivity contribution in [3.05, 3.63) is 29.8 Å². The average Bonchev–Trinajstić information content (AvgIpc) is 2.40. The maximum atomic E-state index is 12.6. The second-order valence-corrected chi connectivity index (χ2v) is 6.53. The molecule has 4 nitrogen and oxygen atoms in total. The number of amides is 1. The number of nitrogens with one attached hydrogen (secondary N) is 1. The van der Waals surface area contributed by atoms with Crippen LogP contribution in [-0.2, 0) is 11.0 Å². The van der Waals surface area contributed by atoms with Crippen molar-refractivity contribution >= 4 is 5.91 Å². The van der Waals surface area contributed by atoms with E-state index in [1.54, 1.807) is 0 Å². The van der Waals surface area contributed by atoms with Gasteiger partial charge in [0, 0.05) is 13.0 Å². The van der Waals surface area contributed by atoms with Crippen LogP contribution in [-0.4, -0.2) is 30.3 Å². The zero-order chi connectivity index (χ0) is 17.7. The summed E-state index contributed by atoms with van der Waals surface area (Å²) in [6, 6.07) is 4.41. The van der Waals surface area contributed by atoms with E-state index in [-0.39, 0.29) is 30.2 Å². The lowest BCUT2D eigenvalue weighted by atomic mass is 9.92.